The summed E-state index contributed by atoms with van der Waals surface area (Å²) < 4.78 is 50.7. The Hall–Kier alpha value is -0.900. The van der Waals surface area contributed by atoms with E-state index in [1.165, 1.54) is 6.92 Å². The van der Waals surface area contributed by atoms with Crippen LogP contribution in [0.3, 0.4) is 0 Å². The van der Waals surface area contributed by atoms with Gasteiger partial charge in [0.15, 0.2) is 24.7 Å². The summed E-state index contributed by atoms with van der Waals surface area (Å²) in [5.41, 5.74) is 0.708. The van der Waals surface area contributed by atoms with Gasteiger partial charge < -0.3 is 78.7 Å². The van der Waals surface area contributed by atoms with Crippen LogP contribution in [-0.4, -0.2) is 164 Å². The fourth-order valence-electron chi connectivity index (χ4n) is 13.8. The maximum Gasteiger partial charge on any atom is 0.187 e. The molecule has 0 aromatic carbocycles. The van der Waals surface area contributed by atoms with E-state index in [0.717, 1.165) is 50.7 Å². The molecule has 0 aromatic rings. The van der Waals surface area contributed by atoms with Crippen molar-refractivity contribution in [2.75, 3.05) is 13.2 Å². The standard InChI is InChI=1S/C44H70O16/c1-18-9-12-44(54-16-18)19(2)30-28(60-44)15-26-24-8-7-22-13-23(45)14-29(43(22,6)25(24)10-11-42(26,30)5)57-41-38(59-40-35(51)33(49)31(47)20(3)55-40)36(52)37(21(4)56-41)58-39-34(50)32(48)27(46)17-53-39/h7,18-21,23-41,45-52H,8-17H2,1-6H3/t18-,19-,20+,21+,23+,24+,25-,26-,27+,28-,29+,30-,31-,32-,33-,34+,35+,36-,37-,38+,39-,40-,41-,42-,43-,44+/m0/s1. The lowest BCUT2D eigenvalue weighted by atomic mass is 9.46. The van der Waals surface area contributed by atoms with Crippen molar-refractivity contribution in [1.82, 2.24) is 0 Å². The molecule has 60 heavy (non-hydrogen) atoms. The van der Waals surface area contributed by atoms with Crippen LogP contribution < -0.4 is 0 Å². The molecule has 5 aliphatic heterocycles. The van der Waals surface area contributed by atoms with Gasteiger partial charge in [-0.15, -0.1) is 0 Å². The molecule has 0 amide bonds. The van der Waals surface area contributed by atoms with Gasteiger partial charge in [0, 0.05) is 24.2 Å². The van der Waals surface area contributed by atoms with Crippen molar-refractivity contribution >= 4 is 0 Å². The Morgan fingerprint density at radius 1 is 0.683 bits per heavy atom. The van der Waals surface area contributed by atoms with Crippen molar-refractivity contribution in [1.29, 1.82) is 0 Å². The van der Waals surface area contributed by atoms with E-state index in [1.54, 1.807) is 6.92 Å². The van der Waals surface area contributed by atoms with Crippen LogP contribution in [0, 0.1) is 46.3 Å². The van der Waals surface area contributed by atoms with Gasteiger partial charge in [0.25, 0.3) is 0 Å². The van der Waals surface area contributed by atoms with Crippen LogP contribution in [0.4, 0.5) is 0 Å². The Morgan fingerprint density at radius 2 is 1.40 bits per heavy atom. The number of hydrogen-bond donors (Lipinski definition) is 8. The molecule has 9 rings (SSSR count). The Kier molecular flexibility index (Phi) is 12.0. The largest absolute Gasteiger partial charge is 0.393 e. The Labute approximate surface area is 352 Å². The molecule has 5 saturated heterocycles. The summed E-state index contributed by atoms with van der Waals surface area (Å²) >= 11 is 0. The third-order valence-electron chi connectivity index (χ3n) is 17.3. The van der Waals surface area contributed by atoms with Crippen LogP contribution in [0.25, 0.3) is 0 Å². The molecule has 4 aliphatic carbocycles. The molecule has 26 atom stereocenters. The average Bonchev–Trinajstić information content (AvgIpc) is 3.66. The quantitative estimate of drug-likeness (QED) is 0.173. The highest BCUT2D eigenvalue weighted by Gasteiger charge is 2.69. The monoisotopic (exact) mass is 854 g/mol. The third-order valence-corrected chi connectivity index (χ3v) is 17.3. The van der Waals surface area contributed by atoms with E-state index in [4.69, 9.17) is 37.9 Å². The zero-order chi connectivity index (χ0) is 42.8. The SMILES string of the molecule is C[C@H]1CC[C@@]2(OC1)O[C@H]1C[C@H]3[C@@H]4CC=C5C[C@@H](O)C[C@@H](O[C@@H]6O[C@H](C)[C@H](O[C@@H]7OC[C@@H](O)[C@H](O)[C@H]7O)[C@H](O)[C@H]6O[C@@H]6O[C@H](C)[C@H](O)[C@H](O)[C@H]6O)[C@]5(C)[C@H]4CC[C@]3(C)[C@H]1[C@@H]2C. The van der Waals surface area contributed by atoms with E-state index in [2.05, 4.69) is 33.8 Å². The van der Waals surface area contributed by atoms with Crippen LogP contribution in [-0.2, 0) is 37.9 Å². The van der Waals surface area contributed by atoms with Crippen molar-refractivity contribution in [2.24, 2.45) is 46.3 Å². The second-order valence-corrected chi connectivity index (χ2v) is 20.7. The molecule has 8 N–H and O–H groups in total. The minimum Gasteiger partial charge on any atom is -0.393 e. The highest BCUT2D eigenvalue weighted by molar-refractivity contribution is 5.29. The van der Waals surface area contributed by atoms with Crippen molar-refractivity contribution in [2.45, 2.75) is 203 Å². The number of allylic oxidation sites excluding steroid dienone is 1. The molecule has 342 valence electrons. The van der Waals surface area contributed by atoms with Crippen LogP contribution >= 0.6 is 0 Å². The summed E-state index contributed by atoms with van der Waals surface area (Å²) in [7, 11) is 0. The highest BCUT2D eigenvalue weighted by atomic mass is 16.8. The van der Waals surface area contributed by atoms with E-state index in [9.17, 15) is 40.9 Å². The fourth-order valence-corrected chi connectivity index (χ4v) is 13.8. The zero-order valence-electron chi connectivity index (χ0n) is 35.8. The topological polar surface area (TPSA) is 236 Å². The zero-order valence-corrected chi connectivity index (χ0v) is 35.8. The van der Waals surface area contributed by atoms with E-state index in [-0.39, 0.29) is 30.0 Å². The first-order chi connectivity index (χ1) is 28.4. The van der Waals surface area contributed by atoms with E-state index in [0.29, 0.717) is 36.5 Å². The number of hydrogen-bond acceptors (Lipinski definition) is 16. The minimum absolute atomic E-state index is 0.0766. The number of ether oxygens (including phenoxy) is 8. The molecule has 8 fully saturated rings. The average molecular weight is 855 g/mol. The Morgan fingerprint density at radius 3 is 2.13 bits per heavy atom. The molecule has 0 unspecified atom stereocenters. The molecule has 16 nitrogen and oxygen atoms in total. The van der Waals surface area contributed by atoms with Gasteiger partial charge in [0.1, 0.15) is 54.9 Å². The Bertz CT molecular complexity index is 1580. The van der Waals surface area contributed by atoms with Gasteiger partial charge in [-0.2, -0.15) is 0 Å². The minimum atomic E-state index is -1.71. The number of rotatable bonds is 6. The van der Waals surface area contributed by atoms with Gasteiger partial charge in [0.05, 0.1) is 43.7 Å². The van der Waals surface area contributed by atoms with E-state index < -0.39 is 109 Å². The normalized spacial score (nSPS) is 59.2. The fraction of sp³-hybridized carbons (Fsp3) is 0.955. The van der Waals surface area contributed by atoms with Gasteiger partial charge in [-0.3, -0.25) is 0 Å². The van der Waals surface area contributed by atoms with Crippen molar-refractivity contribution in [3.05, 3.63) is 11.6 Å². The van der Waals surface area contributed by atoms with Gasteiger partial charge in [-0.1, -0.05) is 39.3 Å². The smallest absolute Gasteiger partial charge is 0.187 e. The number of aliphatic hydroxyl groups is 8. The molecule has 0 bridgehead atoms. The van der Waals surface area contributed by atoms with E-state index in [1.807, 2.05) is 0 Å². The maximum atomic E-state index is 12.1. The predicted molar refractivity (Wildman–Crippen MR) is 208 cm³/mol. The molecular formula is C44H70O16. The molecule has 16 heteroatoms. The number of aliphatic hydroxyl groups excluding tert-OH is 8. The summed E-state index contributed by atoms with van der Waals surface area (Å²) in [5.74, 6) is 1.71. The second kappa shape index (κ2) is 16.2. The van der Waals surface area contributed by atoms with Crippen LogP contribution in [0.2, 0.25) is 0 Å². The molecule has 0 radical (unpaired) electrons. The lowest BCUT2D eigenvalue weighted by Crippen LogP contribution is -2.66. The van der Waals surface area contributed by atoms with Crippen molar-refractivity contribution < 1.29 is 78.7 Å². The maximum absolute atomic E-state index is 12.1. The summed E-state index contributed by atoms with van der Waals surface area (Å²) in [6.07, 6.45) is -11.7. The second-order valence-electron chi connectivity index (χ2n) is 20.7. The van der Waals surface area contributed by atoms with E-state index >= 15 is 0 Å². The van der Waals surface area contributed by atoms with Gasteiger partial charge in [-0.05, 0) is 87.4 Å². The molecule has 0 aromatic heterocycles. The first-order valence-corrected chi connectivity index (χ1v) is 22.7. The molecular weight excluding hydrogens is 784 g/mol. The molecule has 3 saturated carbocycles. The van der Waals surface area contributed by atoms with Gasteiger partial charge >= 0.3 is 0 Å². The molecule has 9 aliphatic rings. The molecule has 5 heterocycles. The first kappa shape index (κ1) is 44.3. The summed E-state index contributed by atoms with van der Waals surface area (Å²) in [5, 5.41) is 86.7. The summed E-state index contributed by atoms with van der Waals surface area (Å²) in [4.78, 5) is 0. The van der Waals surface area contributed by atoms with Crippen LogP contribution in [0.1, 0.15) is 92.9 Å². The van der Waals surface area contributed by atoms with Crippen molar-refractivity contribution in [3.8, 4) is 0 Å². The predicted octanol–water partition coefficient (Wildman–Crippen LogP) is 0.852. The van der Waals surface area contributed by atoms with Crippen LogP contribution in [0.15, 0.2) is 11.6 Å². The van der Waals surface area contributed by atoms with Crippen molar-refractivity contribution in [3.63, 3.8) is 0 Å². The first-order valence-electron chi connectivity index (χ1n) is 22.7. The van der Waals surface area contributed by atoms with Gasteiger partial charge in [0.2, 0.25) is 0 Å². The third kappa shape index (κ3) is 7.01. The number of fused-ring (bicyclic) bond motifs is 7. The van der Waals surface area contributed by atoms with Gasteiger partial charge in [-0.25, -0.2) is 0 Å². The highest BCUT2D eigenvalue weighted by Crippen LogP contribution is 2.71. The summed E-state index contributed by atoms with van der Waals surface area (Å²) in [6, 6.07) is 0. The lowest BCUT2D eigenvalue weighted by Gasteiger charge is -2.60. The Balaban J connectivity index is 0.983. The lowest BCUT2D eigenvalue weighted by molar-refractivity contribution is -0.386. The van der Waals surface area contributed by atoms with Crippen LogP contribution in [0.5, 0.6) is 0 Å². The molecule has 1 spiro atoms. The summed E-state index contributed by atoms with van der Waals surface area (Å²) in [6.45, 7) is 12.9.